The van der Waals surface area contributed by atoms with Crippen molar-refractivity contribution >= 4 is 6.29 Å². The molecule has 0 N–H and O–H groups in total. The summed E-state index contributed by atoms with van der Waals surface area (Å²) in [4.78, 5) is 10.5. The lowest BCUT2D eigenvalue weighted by molar-refractivity contribution is -0.104. The van der Waals surface area contributed by atoms with Crippen molar-refractivity contribution in [3.63, 3.8) is 0 Å². The van der Waals surface area contributed by atoms with Crippen molar-refractivity contribution in [3.8, 4) is 0 Å². The second-order valence-corrected chi connectivity index (χ2v) is 5.68. The number of allylic oxidation sites excluding steroid dienone is 2. The van der Waals surface area contributed by atoms with E-state index in [0.29, 0.717) is 5.92 Å². The van der Waals surface area contributed by atoms with Crippen LogP contribution in [0.25, 0.3) is 0 Å². The van der Waals surface area contributed by atoms with E-state index in [1.54, 1.807) is 0 Å². The summed E-state index contributed by atoms with van der Waals surface area (Å²) < 4.78 is 0. The van der Waals surface area contributed by atoms with Crippen molar-refractivity contribution in [3.05, 3.63) is 11.6 Å². The molecule has 2 aliphatic carbocycles. The highest BCUT2D eigenvalue weighted by Crippen LogP contribution is 2.50. The highest BCUT2D eigenvalue weighted by Gasteiger charge is 2.39. The summed E-state index contributed by atoms with van der Waals surface area (Å²) >= 11 is 0. The Morgan fingerprint density at radius 3 is 2.73 bits per heavy atom. The lowest BCUT2D eigenvalue weighted by atomic mass is 9.82. The lowest BCUT2D eigenvalue weighted by Crippen LogP contribution is -2.13. The van der Waals surface area contributed by atoms with E-state index >= 15 is 0 Å². The van der Waals surface area contributed by atoms with Gasteiger partial charge >= 0.3 is 0 Å². The minimum atomic E-state index is 0.583. The van der Waals surface area contributed by atoms with Crippen LogP contribution in [-0.4, -0.2) is 6.29 Å². The van der Waals surface area contributed by atoms with Crippen molar-refractivity contribution < 1.29 is 4.79 Å². The van der Waals surface area contributed by atoms with Crippen LogP contribution < -0.4 is 0 Å². The van der Waals surface area contributed by atoms with Gasteiger partial charge in [-0.15, -0.1) is 0 Å². The summed E-state index contributed by atoms with van der Waals surface area (Å²) in [6.45, 7) is 4.16. The summed E-state index contributed by atoms with van der Waals surface area (Å²) in [5, 5.41) is 0. The first kappa shape index (κ1) is 10.9. The number of hydrogen-bond acceptors (Lipinski definition) is 1. The molecular weight excluding hydrogens is 184 g/mol. The summed E-state index contributed by atoms with van der Waals surface area (Å²) in [5.74, 6) is 3.60. The molecular formula is C14H22O. The molecule has 4 unspecified atom stereocenters. The molecule has 2 bridgehead atoms. The molecule has 2 aliphatic rings. The van der Waals surface area contributed by atoms with Crippen molar-refractivity contribution in [2.45, 2.75) is 46.0 Å². The SMILES string of the molecule is C/C(C=O)=C\C(C)CC1CC2CCC1C2. The first-order chi connectivity index (χ1) is 7.19. The van der Waals surface area contributed by atoms with Gasteiger partial charge in [-0.05, 0) is 61.9 Å². The van der Waals surface area contributed by atoms with E-state index in [0.717, 1.165) is 29.6 Å². The minimum Gasteiger partial charge on any atom is -0.298 e. The Bertz CT molecular complexity index is 267. The molecule has 2 fully saturated rings. The number of carbonyl (C=O) groups is 1. The molecule has 84 valence electrons. The maximum atomic E-state index is 10.5. The van der Waals surface area contributed by atoms with E-state index in [9.17, 15) is 4.79 Å². The number of hydrogen-bond donors (Lipinski definition) is 0. The molecule has 1 heteroatoms. The summed E-state index contributed by atoms with van der Waals surface area (Å²) in [6.07, 6.45) is 10.3. The summed E-state index contributed by atoms with van der Waals surface area (Å²) in [7, 11) is 0. The maximum absolute atomic E-state index is 10.5. The zero-order chi connectivity index (χ0) is 10.8. The van der Waals surface area contributed by atoms with Crippen LogP contribution in [0, 0.1) is 23.7 Å². The van der Waals surface area contributed by atoms with Crippen molar-refractivity contribution in [1.29, 1.82) is 0 Å². The third kappa shape index (κ3) is 2.50. The van der Waals surface area contributed by atoms with Gasteiger partial charge in [0.25, 0.3) is 0 Å². The number of rotatable bonds is 4. The number of carbonyl (C=O) groups excluding carboxylic acids is 1. The zero-order valence-electron chi connectivity index (χ0n) is 9.91. The third-order valence-electron chi connectivity index (χ3n) is 4.29. The normalized spacial score (nSPS) is 36.9. The van der Waals surface area contributed by atoms with Gasteiger partial charge in [0.05, 0.1) is 0 Å². The van der Waals surface area contributed by atoms with E-state index in [4.69, 9.17) is 0 Å². The molecule has 15 heavy (non-hydrogen) atoms. The summed E-state index contributed by atoms with van der Waals surface area (Å²) in [5.41, 5.74) is 0.894. The molecule has 0 amide bonds. The minimum absolute atomic E-state index is 0.583. The fourth-order valence-electron chi connectivity index (χ4n) is 3.70. The molecule has 1 nitrogen and oxygen atoms in total. The third-order valence-corrected chi connectivity index (χ3v) is 4.29. The van der Waals surface area contributed by atoms with Gasteiger partial charge in [0.2, 0.25) is 0 Å². The molecule has 0 aromatic carbocycles. The molecule has 0 radical (unpaired) electrons. The average molecular weight is 206 g/mol. The molecule has 0 heterocycles. The standard InChI is InChI=1S/C14H22O/c1-10(5-11(2)9-15)6-14-8-12-3-4-13(14)7-12/h5,9-10,12-14H,3-4,6-8H2,1-2H3/b11-5+. The highest BCUT2D eigenvalue weighted by molar-refractivity contribution is 5.72. The Labute approximate surface area is 92.9 Å². The van der Waals surface area contributed by atoms with E-state index in [-0.39, 0.29) is 0 Å². The quantitative estimate of drug-likeness (QED) is 0.507. The monoisotopic (exact) mass is 206 g/mol. The van der Waals surface area contributed by atoms with Gasteiger partial charge in [-0.1, -0.05) is 19.4 Å². The van der Waals surface area contributed by atoms with Gasteiger partial charge in [-0.25, -0.2) is 0 Å². The van der Waals surface area contributed by atoms with Crippen LogP contribution in [0.4, 0.5) is 0 Å². The first-order valence-corrected chi connectivity index (χ1v) is 6.32. The van der Waals surface area contributed by atoms with Crippen LogP contribution in [-0.2, 0) is 4.79 Å². The van der Waals surface area contributed by atoms with Crippen LogP contribution >= 0.6 is 0 Å². The first-order valence-electron chi connectivity index (χ1n) is 6.32. The van der Waals surface area contributed by atoms with E-state index in [1.165, 1.54) is 32.1 Å². The number of aldehydes is 1. The highest BCUT2D eigenvalue weighted by atomic mass is 16.1. The van der Waals surface area contributed by atoms with Crippen LogP contribution in [0.15, 0.2) is 11.6 Å². The van der Waals surface area contributed by atoms with E-state index in [1.807, 2.05) is 6.92 Å². The van der Waals surface area contributed by atoms with Crippen molar-refractivity contribution in [1.82, 2.24) is 0 Å². The average Bonchev–Trinajstić information content (AvgIpc) is 2.78. The van der Waals surface area contributed by atoms with Crippen molar-refractivity contribution in [2.24, 2.45) is 23.7 Å². The smallest absolute Gasteiger partial charge is 0.145 e. The number of fused-ring (bicyclic) bond motifs is 2. The topological polar surface area (TPSA) is 17.1 Å². The molecule has 0 aromatic heterocycles. The van der Waals surface area contributed by atoms with Crippen molar-refractivity contribution in [2.75, 3.05) is 0 Å². The van der Waals surface area contributed by atoms with Crippen LogP contribution in [0.1, 0.15) is 46.0 Å². The zero-order valence-corrected chi connectivity index (χ0v) is 9.91. The van der Waals surface area contributed by atoms with Crippen LogP contribution in [0.2, 0.25) is 0 Å². The Kier molecular flexibility index (Phi) is 3.28. The van der Waals surface area contributed by atoms with Gasteiger partial charge in [-0.3, -0.25) is 4.79 Å². The van der Waals surface area contributed by atoms with Gasteiger partial charge in [-0.2, -0.15) is 0 Å². The maximum Gasteiger partial charge on any atom is 0.145 e. The molecule has 0 spiro atoms. The fourth-order valence-corrected chi connectivity index (χ4v) is 3.70. The Balaban J connectivity index is 1.84. The van der Waals surface area contributed by atoms with Crippen LogP contribution in [0.3, 0.4) is 0 Å². The van der Waals surface area contributed by atoms with E-state index < -0.39 is 0 Å². The van der Waals surface area contributed by atoms with Gasteiger partial charge in [0.15, 0.2) is 0 Å². The van der Waals surface area contributed by atoms with E-state index in [2.05, 4.69) is 13.0 Å². The Morgan fingerprint density at radius 1 is 1.40 bits per heavy atom. The fraction of sp³-hybridized carbons (Fsp3) is 0.786. The predicted octanol–water partition coefficient (Wildman–Crippen LogP) is 3.59. The lowest BCUT2D eigenvalue weighted by Gasteiger charge is -2.23. The molecule has 0 aliphatic heterocycles. The molecule has 2 saturated carbocycles. The second kappa shape index (κ2) is 4.51. The molecule has 0 saturated heterocycles. The Morgan fingerprint density at radius 2 is 2.20 bits per heavy atom. The largest absolute Gasteiger partial charge is 0.298 e. The molecule has 2 rings (SSSR count). The second-order valence-electron chi connectivity index (χ2n) is 5.68. The van der Waals surface area contributed by atoms with Gasteiger partial charge in [0.1, 0.15) is 6.29 Å². The summed E-state index contributed by atoms with van der Waals surface area (Å²) in [6, 6.07) is 0. The van der Waals surface area contributed by atoms with Gasteiger partial charge < -0.3 is 0 Å². The van der Waals surface area contributed by atoms with Crippen LogP contribution in [0.5, 0.6) is 0 Å². The predicted molar refractivity (Wildman–Crippen MR) is 62.5 cm³/mol. The Hall–Kier alpha value is -0.590. The van der Waals surface area contributed by atoms with Gasteiger partial charge in [0, 0.05) is 0 Å². The molecule has 4 atom stereocenters. The molecule has 0 aromatic rings.